The Morgan fingerprint density at radius 2 is 1.95 bits per heavy atom. The van der Waals surface area contributed by atoms with Gasteiger partial charge in [0.2, 0.25) is 0 Å². The number of carboxylic acids is 1. The highest BCUT2D eigenvalue weighted by Gasteiger charge is 2.21. The molecule has 116 valence electrons. The van der Waals surface area contributed by atoms with E-state index < -0.39 is 5.97 Å². The van der Waals surface area contributed by atoms with Gasteiger partial charge >= 0.3 is 12.0 Å². The second kappa shape index (κ2) is 6.91. The number of benzene rings is 1. The summed E-state index contributed by atoms with van der Waals surface area (Å²) < 4.78 is 0.518. The summed E-state index contributed by atoms with van der Waals surface area (Å²) in [6, 6.07) is 4.09. The lowest BCUT2D eigenvalue weighted by Crippen LogP contribution is -2.49. The van der Waals surface area contributed by atoms with Gasteiger partial charge in [-0.3, -0.25) is 0 Å². The highest BCUT2D eigenvalue weighted by atomic mass is 79.9. The van der Waals surface area contributed by atoms with Gasteiger partial charge < -0.3 is 20.6 Å². The number of hydrogen-bond acceptors (Lipinski definition) is 3. The van der Waals surface area contributed by atoms with Crippen molar-refractivity contribution >= 4 is 33.6 Å². The van der Waals surface area contributed by atoms with Crippen LogP contribution in [0.25, 0.3) is 0 Å². The Morgan fingerprint density at radius 3 is 2.43 bits per heavy atom. The van der Waals surface area contributed by atoms with E-state index in [0.29, 0.717) is 16.7 Å². The predicted molar refractivity (Wildman–Crippen MR) is 85.9 cm³/mol. The topological polar surface area (TPSA) is 81.7 Å². The van der Waals surface area contributed by atoms with Crippen molar-refractivity contribution in [2.75, 3.05) is 26.0 Å². The Kier molecular flexibility index (Phi) is 5.74. The number of aromatic carboxylic acids is 1. The fourth-order valence-electron chi connectivity index (χ4n) is 1.37. The summed E-state index contributed by atoms with van der Waals surface area (Å²) in [5.41, 5.74) is 0.503. The number of nitrogens with zero attached hydrogens (tertiary/aromatic N) is 1. The minimum absolute atomic E-state index is 0.154. The lowest BCUT2D eigenvalue weighted by Gasteiger charge is -2.32. The average Bonchev–Trinajstić information content (AvgIpc) is 2.38. The maximum absolute atomic E-state index is 11.9. The predicted octanol–water partition coefficient (Wildman–Crippen LogP) is 2.61. The second-order valence-corrected chi connectivity index (χ2v) is 6.37. The van der Waals surface area contributed by atoms with Gasteiger partial charge in [-0.1, -0.05) is 0 Å². The van der Waals surface area contributed by atoms with Crippen LogP contribution >= 0.6 is 15.9 Å². The van der Waals surface area contributed by atoms with E-state index in [4.69, 9.17) is 5.11 Å². The first-order valence-electron chi connectivity index (χ1n) is 6.38. The molecule has 2 amide bonds. The van der Waals surface area contributed by atoms with Crippen molar-refractivity contribution in [2.45, 2.75) is 19.4 Å². The molecule has 0 aliphatic carbocycles. The number of hydrogen-bond donors (Lipinski definition) is 3. The van der Waals surface area contributed by atoms with Gasteiger partial charge in [-0.05, 0) is 62.1 Å². The lowest BCUT2D eigenvalue weighted by molar-refractivity contribution is 0.0697. The van der Waals surface area contributed by atoms with Gasteiger partial charge in [0.25, 0.3) is 0 Å². The highest BCUT2D eigenvalue weighted by molar-refractivity contribution is 9.10. The van der Waals surface area contributed by atoms with E-state index in [0.717, 1.165) is 0 Å². The molecule has 0 aliphatic heterocycles. The van der Waals surface area contributed by atoms with Crippen LogP contribution in [0.3, 0.4) is 0 Å². The molecule has 0 spiro atoms. The van der Waals surface area contributed by atoms with E-state index in [1.165, 1.54) is 12.1 Å². The summed E-state index contributed by atoms with van der Waals surface area (Å²) >= 11 is 3.24. The van der Waals surface area contributed by atoms with Crippen LogP contribution in [0.15, 0.2) is 22.7 Å². The summed E-state index contributed by atoms with van der Waals surface area (Å²) in [6.45, 7) is 4.52. The van der Waals surface area contributed by atoms with Crippen LogP contribution < -0.4 is 10.6 Å². The molecule has 0 atom stereocenters. The Bertz CT molecular complexity index is 544. The van der Waals surface area contributed by atoms with Crippen molar-refractivity contribution in [1.82, 2.24) is 10.2 Å². The number of amides is 2. The smallest absolute Gasteiger partial charge is 0.335 e. The minimum Gasteiger partial charge on any atom is -0.478 e. The van der Waals surface area contributed by atoms with Crippen molar-refractivity contribution in [1.29, 1.82) is 0 Å². The van der Waals surface area contributed by atoms with Crippen molar-refractivity contribution in [2.24, 2.45) is 0 Å². The second-order valence-electron chi connectivity index (χ2n) is 5.51. The largest absolute Gasteiger partial charge is 0.478 e. The van der Waals surface area contributed by atoms with Crippen molar-refractivity contribution in [3.8, 4) is 0 Å². The molecule has 6 nitrogen and oxygen atoms in total. The minimum atomic E-state index is -1.01. The lowest BCUT2D eigenvalue weighted by atomic mass is 10.1. The maximum Gasteiger partial charge on any atom is 0.335 e. The number of likely N-dealkylation sites (N-methyl/N-ethyl adjacent to an activating group) is 1. The fourth-order valence-corrected chi connectivity index (χ4v) is 1.85. The molecule has 0 radical (unpaired) electrons. The number of carboxylic acid groups (broad SMARTS) is 1. The van der Waals surface area contributed by atoms with Crippen LogP contribution in [0.2, 0.25) is 0 Å². The van der Waals surface area contributed by atoms with Crippen molar-refractivity contribution < 1.29 is 14.7 Å². The average molecular weight is 358 g/mol. The molecule has 0 unspecified atom stereocenters. The normalized spacial score (nSPS) is 11.3. The molecule has 0 saturated heterocycles. The van der Waals surface area contributed by atoms with E-state index in [1.54, 1.807) is 6.07 Å². The van der Waals surface area contributed by atoms with Gasteiger partial charge in [0, 0.05) is 16.6 Å². The van der Waals surface area contributed by atoms with Gasteiger partial charge in [-0.15, -0.1) is 0 Å². The number of anilines is 1. The van der Waals surface area contributed by atoms with E-state index in [2.05, 4.69) is 26.6 Å². The first-order valence-corrected chi connectivity index (χ1v) is 7.18. The first-order chi connectivity index (χ1) is 9.63. The van der Waals surface area contributed by atoms with Crippen molar-refractivity contribution in [3.05, 3.63) is 28.2 Å². The summed E-state index contributed by atoms with van der Waals surface area (Å²) in [6.07, 6.45) is 0. The Labute approximate surface area is 132 Å². The van der Waals surface area contributed by atoms with Gasteiger partial charge in [-0.25, -0.2) is 9.59 Å². The molecule has 0 bridgehead atoms. The Balaban J connectivity index is 2.66. The molecule has 0 fully saturated rings. The molecule has 1 aromatic rings. The molecule has 0 saturated carbocycles. The van der Waals surface area contributed by atoms with Crippen LogP contribution in [-0.2, 0) is 0 Å². The molecule has 0 heterocycles. The number of carbonyl (C=O) groups is 2. The highest BCUT2D eigenvalue weighted by Crippen LogP contribution is 2.23. The van der Waals surface area contributed by atoms with Gasteiger partial charge in [-0.2, -0.15) is 0 Å². The Morgan fingerprint density at radius 1 is 1.33 bits per heavy atom. The molecule has 21 heavy (non-hydrogen) atoms. The third-order valence-electron chi connectivity index (χ3n) is 3.36. The number of rotatable bonds is 5. The molecule has 0 aromatic heterocycles. The molecular weight excluding hydrogens is 338 g/mol. The SMILES string of the molecule is CN(C)C(C)(C)CNC(=O)Nc1ccc(C(=O)O)cc1Br. The first kappa shape index (κ1) is 17.5. The molecule has 7 heteroatoms. The zero-order valence-corrected chi connectivity index (χ0v) is 14.1. The summed E-state index contributed by atoms with van der Waals surface area (Å²) in [4.78, 5) is 24.7. The molecule has 0 aliphatic rings. The number of carbonyl (C=O) groups excluding carboxylic acids is 1. The van der Waals surface area contributed by atoms with Crippen LogP contribution in [0.5, 0.6) is 0 Å². The summed E-state index contributed by atoms with van der Waals surface area (Å²) in [5.74, 6) is -1.01. The summed E-state index contributed by atoms with van der Waals surface area (Å²) in [5, 5.41) is 14.4. The maximum atomic E-state index is 11.9. The van der Waals surface area contributed by atoms with Gasteiger partial charge in [0.1, 0.15) is 0 Å². The number of nitrogens with one attached hydrogen (secondary N) is 2. The fraction of sp³-hybridized carbons (Fsp3) is 0.429. The van der Waals surface area contributed by atoms with E-state index in [9.17, 15) is 9.59 Å². The van der Waals surface area contributed by atoms with Crippen LogP contribution in [-0.4, -0.2) is 48.2 Å². The van der Waals surface area contributed by atoms with Crippen LogP contribution in [0.1, 0.15) is 24.2 Å². The van der Waals surface area contributed by atoms with Gasteiger partial charge in [0.15, 0.2) is 0 Å². The van der Waals surface area contributed by atoms with Crippen LogP contribution in [0.4, 0.5) is 10.5 Å². The third kappa shape index (κ3) is 5.02. The van der Waals surface area contributed by atoms with E-state index in [-0.39, 0.29) is 17.1 Å². The number of urea groups is 1. The third-order valence-corrected chi connectivity index (χ3v) is 4.01. The quantitative estimate of drug-likeness (QED) is 0.756. The van der Waals surface area contributed by atoms with E-state index in [1.807, 2.05) is 32.8 Å². The van der Waals surface area contributed by atoms with E-state index >= 15 is 0 Å². The standard InChI is InChI=1S/C14H20BrN3O3/c1-14(2,18(3)4)8-16-13(21)17-11-6-5-9(12(19)20)7-10(11)15/h5-7H,8H2,1-4H3,(H,19,20)(H2,16,17,21). The molecular formula is C14H20BrN3O3. The van der Waals surface area contributed by atoms with Gasteiger partial charge in [0.05, 0.1) is 11.3 Å². The Hall–Kier alpha value is -1.60. The number of halogens is 1. The summed E-state index contributed by atoms with van der Waals surface area (Å²) in [7, 11) is 3.89. The monoisotopic (exact) mass is 357 g/mol. The zero-order chi connectivity index (χ0) is 16.2. The van der Waals surface area contributed by atoms with Crippen molar-refractivity contribution in [3.63, 3.8) is 0 Å². The van der Waals surface area contributed by atoms with Crippen LogP contribution in [0, 0.1) is 0 Å². The molecule has 1 rings (SSSR count). The molecule has 3 N–H and O–H groups in total. The molecule has 1 aromatic carbocycles. The zero-order valence-electron chi connectivity index (χ0n) is 12.5.